The maximum absolute atomic E-state index is 6.67. The second-order valence-corrected chi connectivity index (χ2v) is 31.7. The van der Waals surface area contributed by atoms with Crippen molar-refractivity contribution in [2.45, 2.75) is 77.7 Å². The van der Waals surface area contributed by atoms with Gasteiger partial charge in [-0.1, -0.05) is 13.1 Å². The molecular weight excluding hydrogens is 405 g/mol. The van der Waals surface area contributed by atoms with Gasteiger partial charge in [0.15, 0.2) is 8.32 Å². The molecule has 0 unspecified atom stereocenters. The van der Waals surface area contributed by atoms with E-state index in [4.69, 9.17) is 20.9 Å². The van der Waals surface area contributed by atoms with Crippen LogP contribution in [0.15, 0.2) is 0 Å². The molecular formula is C13H38O5Si6. The SMILES string of the molecule is C[SiH](C)CO[Si](C)(C)C[Si]1(C)O[Si](C)(C)O[Si](C)(C)O[Si](C)(C)O1. The lowest BCUT2D eigenvalue weighted by Gasteiger charge is -2.48. The van der Waals surface area contributed by atoms with E-state index in [0.29, 0.717) is 0 Å². The molecule has 0 radical (unpaired) electrons. The highest BCUT2D eigenvalue weighted by molar-refractivity contribution is 6.97. The first-order valence-corrected chi connectivity index (χ1v) is 26.1. The van der Waals surface area contributed by atoms with Gasteiger partial charge in [-0.15, -0.1) is 0 Å². The van der Waals surface area contributed by atoms with E-state index in [1.54, 1.807) is 0 Å². The molecule has 0 spiro atoms. The summed E-state index contributed by atoms with van der Waals surface area (Å²) in [5.74, 6) is 0. The standard InChI is InChI=1S/C13H38O5Si6/c1-19(2)12-14-20(3,4)13-24(11)17-22(7,8)15-21(5,6)16-23(9,10)18-24/h19H,12-13H2,1-11H3. The highest BCUT2D eigenvalue weighted by Gasteiger charge is 2.54. The van der Waals surface area contributed by atoms with Crippen LogP contribution in [0.25, 0.3) is 0 Å². The zero-order valence-corrected chi connectivity index (χ0v) is 23.7. The van der Waals surface area contributed by atoms with Gasteiger partial charge in [0, 0.05) is 11.9 Å². The van der Waals surface area contributed by atoms with Crippen LogP contribution in [0.4, 0.5) is 0 Å². The zero-order valence-electron chi connectivity index (χ0n) is 17.5. The van der Waals surface area contributed by atoms with Gasteiger partial charge in [0.1, 0.15) is 0 Å². The Morgan fingerprint density at radius 2 is 1.12 bits per heavy atom. The van der Waals surface area contributed by atoms with Crippen LogP contribution < -0.4 is 0 Å². The highest BCUT2D eigenvalue weighted by Crippen LogP contribution is 2.34. The van der Waals surface area contributed by atoms with E-state index in [9.17, 15) is 0 Å². The molecule has 11 heteroatoms. The van der Waals surface area contributed by atoms with Crippen LogP contribution in [0.1, 0.15) is 0 Å². The van der Waals surface area contributed by atoms with E-state index in [0.717, 1.165) is 11.9 Å². The molecule has 0 saturated carbocycles. The first-order valence-electron chi connectivity index (χ1n) is 8.90. The Hall–Kier alpha value is 1.10. The topological polar surface area (TPSA) is 46.2 Å². The van der Waals surface area contributed by atoms with Crippen molar-refractivity contribution in [3.8, 4) is 0 Å². The molecule has 1 saturated heterocycles. The number of hydrogen-bond acceptors (Lipinski definition) is 5. The number of rotatable bonds is 5. The Bertz CT molecular complexity index is 419. The maximum Gasteiger partial charge on any atom is 0.316 e. The largest absolute Gasteiger partial charge is 0.421 e. The van der Waals surface area contributed by atoms with Crippen molar-refractivity contribution < 1.29 is 20.9 Å². The van der Waals surface area contributed by atoms with Crippen LogP contribution in [0.2, 0.25) is 77.7 Å². The summed E-state index contributed by atoms with van der Waals surface area (Å²) in [5.41, 5.74) is 0.933. The minimum Gasteiger partial charge on any atom is -0.421 e. The summed E-state index contributed by atoms with van der Waals surface area (Å²) in [6, 6.07) is 0. The second kappa shape index (κ2) is 7.61. The maximum atomic E-state index is 6.67. The van der Waals surface area contributed by atoms with E-state index in [1.807, 2.05) is 0 Å². The lowest BCUT2D eigenvalue weighted by Crippen LogP contribution is -2.66. The molecule has 1 aliphatic heterocycles. The van der Waals surface area contributed by atoms with E-state index >= 15 is 0 Å². The van der Waals surface area contributed by atoms with Crippen LogP contribution in [-0.2, 0) is 20.9 Å². The third-order valence-electron chi connectivity index (χ3n) is 3.46. The molecule has 0 aliphatic carbocycles. The molecule has 0 atom stereocenters. The molecule has 0 aromatic rings. The molecule has 5 nitrogen and oxygen atoms in total. The quantitative estimate of drug-likeness (QED) is 0.601. The Morgan fingerprint density at radius 3 is 1.50 bits per heavy atom. The fourth-order valence-electron chi connectivity index (χ4n) is 3.60. The van der Waals surface area contributed by atoms with Crippen molar-refractivity contribution in [3.05, 3.63) is 0 Å². The normalized spacial score (nSPS) is 26.0. The Balaban J connectivity index is 3.01. The van der Waals surface area contributed by atoms with Gasteiger partial charge in [0.2, 0.25) is 0 Å². The smallest absolute Gasteiger partial charge is 0.316 e. The van der Waals surface area contributed by atoms with Crippen LogP contribution in [0, 0.1) is 0 Å². The van der Waals surface area contributed by atoms with Crippen LogP contribution in [0.5, 0.6) is 0 Å². The Kier molecular flexibility index (Phi) is 7.34. The van der Waals surface area contributed by atoms with Gasteiger partial charge in [0.05, 0.1) is 8.80 Å². The van der Waals surface area contributed by atoms with E-state index < -0.39 is 51.4 Å². The van der Waals surface area contributed by atoms with Crippen LogP contribution in [-0.4, -0.2) is 57.6 Å². The average molecular weight is 443 g/mol. The lowest BCUT2D eigenvalue weighted by molar-refractivity contribution is 0.235. The predicted octanol–water partition coefficient (Wildman–Crippen LogP) is 4.03. The third kappa shape index (κ3) is 8.20. The van der Waals surface area contributed by atoms with Crippen molar-refractivity contribution in [2.75, 3.05) is 6.23 Å². The van der Waals surface area contributed by atoms with Gasteiger partial charge >= 0.3 is 34.2 Å². The van der Waals surface area contributed by atoms with Crippen LogP contribution >= 0.6 is 0 Å². The Labute approximate surface area is 156 Å². The summed E-state index contributed by atoms with van der Waals surface area (Å²) in [7, 11) is -11.7. The van der Waals surface area contributed by atoms with Gasteiger partial charge in [0.25, 0.3) is 0 Å². The molecule has 0 amide bonds. The Morgan fingerprint density at radius 1 is 0.750 bits per heavy atom. The van der Waals surface area contributed by atoms with Gasteiger partial charge in [-0.2, -0.15) is 0 Å². The molecule has 1 heterocycles. The van der Waals surface area contributed by atoms with Crippen molar-refractivity contribution in [1.29, 1.82) is 0 Å². The summed E-state index contributed by atoms with van der Waals surface area (Å²) in [4.78, 5) is 0. The molecule has 0 bridgehead atoms. The monoisotopic (exact) mass is 442 g/mol. The zero-order chi connectivity index (χ0) is 19.0. The molecule has 144 valence electrons. The van der Waals surface area contributed by atoms with Crippen LogP contribution in [0.3, 0.4) is 0 Å². The first-order chi connectivity index (χ1) is 10.5. The first kappa shape index (κ1) is 23.1. The van der Waals surface area contributed by atoms with Crippen molar-refractivity contribution in [3.63, 3.8) is 0 Å². The molecule has 0 aromatic carbocycles. The van der Waals surface area contributed by atoms with Crippen molar-refractivity contribution in [2.24, 2.45) is 0 Å². The van der Waals surface area contributed by atoms with Gasteiger partial charge < -0.3 is 20.9 Å². The van der Waals surface area contributed by atoms with E-state index in [1.165, 1.54) is 0 Å². The fourth-order valence-corrected chi connectivity index (χ4v) is 35.2. The van der Waals surface area contributed by atoms with Gasteiger partial charge in [-0.05, 0) is 58.9 Å². The third-order valence-corrected chi connectivity index (χ3v) is 26.8. The minimum atomic E-state index is -2.41. The van der Waals surface area contributed by atoms with Crippen molar-refractivity contribution >= 4 is 51.4 Å². The van der Waals surface area contributed by atoms with E-state index in [2.05, 4.69) is 72.0 Å². The predicted molar refractivity (Wildman–Crippen MR) is 116 cm³/mol. The number of hydrogen-bond donors (Lipinski definition) is 0. The molecule has 1 fully saturated rings. The van der Waals surface area contributed by atoms with Crippen molar-refractivity contribution in [1.82, 2.24) is 0 Å². The highest BCUT2D eigenvalue weighted by atomic mass is 28.5. The second-order valence-electron chi connectivity index (χ2n) is 9.38. The summed E-state index contributed by atoms with van der Waals surface area (Å²) < 4.78 is 32.5. The lowest BCUT2D eigenvalue weighted by atomic mass is 11.7. The minimum absolute atomic E-state index is 0.716. The van der Waals surface area contributed by atoms with E-state index in [-0.39, 0.29) is 0 Å². The summed E-state index contributed by atoms with van der Waals surface area (Å²) in [6.45, 7) is 24.1. The molecule has 24 heavy (non-hydrogen) atoms. The summed E-state index contributed by atoms with van der Waals surface area (Å²) in [6.07, 6.45) is 0.943. The molecule has 0 aromatic heterocycles. The summed E-state index contributed by atoms with van der Waals surface area (Å²) >= 11 is 0. The fraction of sp³-hybridized carbons (Fsp3) is 1.00. The summed E-state index contributed by atoms with van der Waals surface area (Å²) in [5, 5.41) is 0. The molecule has 0 N–H and O–H groups in total. The molecule has 1 aliphatic rings. The average Bonchev–Trinajstić information content (AvgIpc) is 2.17. The molecule has 1 rings (SSSR count). The van der Waals surface area contributed by atoms with Gasteiger partial charge in [-0.3, -0.25) is 0 Å². The van der Waals surface area contributed by atoms with Gasteiger partial charge in [-0.25, -0.2) is 0 Å².